The minimum Gasteiger partial charge on any atom is -0.463 e. The van der Waals surface area contributed by atoms with E-state index in [2.05, 4.69) is 20.4 Å². The summed E-state index contributed by atoms with van der Waals surface area (Å²) in [5.41, 5.74) is 0. The maximum Gasteiger partial charge on any atom is 0.331 e. The molecule has 4 heteroatoms. The molecule has 0 aromatic carbocycles. The van der Waals surface area contributed by atoms with Crippen molar-refractivity contribution in [2.45, 2.75) is 46.1 Å². The zero-order chi connectivity index (χ0) is 14.7. The predicted octanol–water partition coefficient (Wildman–Crippen LogP) is 3.03. The Morgan fingerprint density at radius 2 is 1.79 bits per heavy atom. The van der Waals surface area contributed by atoms with Crippen LogP contribution in [-0.2, 0) is 19.1 Å². The smallest absolute Gasteiger partial charge is 0.331 e. The summed E-state index contributed by atoms with van der Waals surface area (Å²) < 4.78 is 9.94. The molecule has 0 amide bonds. The standard InChI is InChI=1S/C15H24O4/c1-5-7-13(4)19-15(17)10-9-14(16)18-11-6-8-12(2)3/h5,9-10,12-13H,1,6-8,11H2,2-4H3/b10-9+. The second-order valence-electron chi connectivity index (χ2n) is 4.81. The summed E-state index contributed by atoms with van der Waals surface area (Å²) in [5, 5.41) is 0. The summed E-state index contributed by atoms with van der Waals surface area (Å²) >= 11 is 0. The second kappa shape index (κ2) is 10.4. The molecule has 4 nitrogen and oxygen atoms in total. The fourth-order valence-electron chi connectivity index (χ4n) is 1.37. The Morgan fingerprint density at radius 1 is 1.16 bits per heavy atom. The molecule has 0 aliphatic rings. The van der Waals surface area contributed by atoms with Gasteiger partial charge >= 0.3 is 11.9 Å². The van der Waals surface area contributed by atoms with E-state index in [1.165, 1.54) is 0 Å². The number of esters is 2. The van der Waals surface area contributed by atoms with E-state index in [-0.39, 0.29) is 6.10 Å². The van der Waals surface area contributed by atoms with E-state index in [1.54, 1.807) is 13.0 Å². The molecule has 0 rings (SSSR count). The van der Waals surface area contributed by atoms with Crippen molar-refractivity contribution in [1.82, 2.24) is 0 Å². The van der Waals surface area contributed by atoms with Gasteiger partial charge in [0.1, 0.15) is 6.10 Å². The van der Waals surface area contributed by atoms with Crippen molar-refractivity contribution in [3.05, 3.63) is 24.8 Å². The van der Waals surface area contributed by atoms with Gasteiger partial charge in [-0.05, 0) is 25.7 Å². The maximum absolute atomic E-state index is 11.3. The van der Waals surface area contributed by atoms with Crippen LogP contribution in [0.15, 0.2) is 24.8 Å². The third kappa shape index (κ3) is 11.3. The average molecular weight is 268 g/mol. The minimum atomic E-state index is -0.548. The largest absolute Gasteiger partial charge is 0.463 e. The monoisotopic (exact) mass is 268 g/mol. The molecule has 0 radical (unpaired) electrons. The third-order valence-corrected chi connectivity index (χ3v) is 2.34. The fraction of sp³-hybridized carbons (Fsp3) is 0.600. The summed E-state index contributed by atoms with van der Waals surface area (Å²) in [5.74, 6) is -0.471. The lowest BCUT2D eigenvalue weighted by Crippen LogP contribution is -2.12. The van der Waals surface area contributed by atoms with Gasteiger partial charge in [-0.1, -0.05) is 19.9 Å². The van der Waals surface area contributed by atoms with Crippen LogP contribution in [0.3, 0.4) is 0 Å². The van der Waals surface area contributed by atoms with E-state index in [0.29, 0.717) is 18.9 Å². The highest BCUT2D eigenvalue weighted by molar-refractivity contribution is 5.91. The first-order valence-electron chi connectivity index (χ1n) is 6.62. The molecule has 0 N–H and O–H groups in total. The van der Waals surface area contributed by atoms with Gasteiger partial charge in [0, 0.05) is 18.6 Å². The second-order valence-corrected chi connectivity index (χ2v) is 4.81. The van der Waals surface area contributed by atoms with Crippen LogP contribution in [0, 0.1) is 5.92 Å². The molecular weight excluding hydrogens is 244 g/mol. The first-order chi connectivity index (χ1) is 8.95. The lowest BCUT2D eigenvalue weighted by atomic mass is 10.1. The van der Waals surface area contributed by atoms with E-state index in [1.807, 2.05) is 0 Å². The van der Waals surface area contributed by atoms with Crippen LogP contribution >= 0.6 is 0 Å². The van der Waals surface area contributed by atoms with Crippen LogP contribution in [0.1, 0.15) is 40.0 Å². The van der Waals surface area contributed by atoms with Crippen LogP contribution < -0.4 is 0 Å². The van der Waals surface area contributed by atoms with E-state index in [0.717, 1.165) is 25.0 Å². The quantitative estimate of drug-likeness (QED) is 0.279. The highest BCUT2D eigenvalue weighted by Gasteiger charge is 2.05. The number of rotatable bonds is 9. The van der Waals surface area contributed by atoms with E-state index >= 15 is 0 Å². The van der Waals surface area contributed by atoms with Gasteiger partial charge in [0.25, 0.3) is 0 Å². The van der Waals surface area contributed by atoms with Gasteiger partial charge < -0.3 is 9.47 Å². The highest BCUT2D eigenvalue weighted by atomic mass is 16.5. The van der Waals surface area contributed by atoms with Gasteiger partial charge in [-0.15, -0.1) is 6.58 Å². The number of hydrogen-bond donors (Lipinski definition) is 0. The number of hydrogen-bond acceptors (Lipinski definition) is 4. The number of carbonyl (C=O) groups is 2. The van der Waals surface area contributed by atoms with Crippen molar-refractivity contribution in [3.63, 3.8) is 0 Å². The summed E-state index contributed by atoms with van der Waals surface area (Å²) in [7, 11) is 0. The van der Waals surface area contributed by atoms with Crippen LogP contribution in [0.2, 0.25) is 0 Å². The summed E-state index contributed by atoms with van der Waals surface area (Å²) in [4.78, 5) is 22.6. The molecule has 0 fully saturated rings. The Bertz CT molecular complexity index is 318. The minimum absolute atomic E-state index is 0.239. The van der Waals surface area contributed by atoms with Gasteiger partial charge in [0.05, 0.1) is 6.61 Å². The zero-order valence-electron chi connectivity index (χ0n) is 12.1. The van der Waals surface area contributed by atoms with Gasteiger partial charge in [-0.25, -0.2) is 9.59 Å². The third-order valence-electron chi connectivity index (χ3n) is 2.34. The van der Waals surface area contributed by atoms with Crippen LogP contribution in [0.25, 0.3) is 0 Å². The molecular formula is C15H24O4. The lowest BCUT2D eigenvalue weighted by molar-refractivity contribution is -0.143. The SMILES string of the molecule is C=CCC(C)OC(=O)/C=C/C(=O)OCCCC(C)C. The average Bonchev–Trinajstić information content (AvgIpc) is 2.32. The van der Waals surface area contributed by atoms with Crippen molar-refractivity contribution in [2.75, 3.05) is 6.61 Å². The molecule has 0 heterocycles. The van der Waals surface area contributed by atoms with Crippen molar-refractivity contribution in [1.29, 1.82) is 0 Å². The molecule has 1 atom stereocenters. The van der Waals surface area contributed by atoms with Crippen LogP contribution in [0.4, 0.5) is 0 Å². The van der Waals surface area contributed by atoms with E-state index in [4.69, 9.17) is 9.47 Å². The van der Waals surface area contributed by atoms with Crippen LogP contribution in [-0.4, -0.2) is 24.6 Å². The van der Waals surface area contributed by atoms with Gasteiger partial charge in [0.15, 0.2) is 0 Å². The highest BCUT2D eigenvalue weighted by Crippen LogP contribution is 2.03. The van der Waals surface area contributed by atoms with Crippen LogP contribution in [0.5, 0.6) is 0 Å². The van der Waals surface area contributed by atoms with Crippen molar-refractivity contribution in [2.24, 2.45) is 5.92 Å². The molecule has 108 valence electrons. The van der Waals surface area contributed by atoms with E-state index in [9.17, 15) is 9.59 Å². The first kappa shape index (κ1) is 17.4. The predicted molar refractivity (Wildman–Crippen MR) is 74.5 cm³/mol. The van der Waals surface area contributed by atoms with Gasteiger partial charge in [0.2, 0.25) is 0 Å². The Balaban J connectivity index is 3.82. The first-order valence-corrected chi connectivity index (χ1v) is 6.62. The number of carbonyl (C=O) groups excluding carboxylic acids is 2. The molecule has 0 aromatic rings. The van der Waals surface area contributed by atoms with Gasteiger partial charge in [-0.3, -0.25) is 0 Å². The zero-order valence-corrected chi connectivity index (χ0v) is 12.1. The summed E-state index contributed by atoms with van der Waals surface area (Å²) in [6, 6.07) is 0. The lowest BCUT2D eigenvalue weighted by Gasteiger charge is -2.08. The molecule has 0 saturated carbocycles. The molecule has 0 saturated heterocycles. The fourth-order valence-corrected chi connectivity index (χ4v) is 1.37. The number of ether oxygens (including phenoxy) is 2. The Labute approximate surface area is 115 Å². The Hall–Kier alpha value is -1.58. The summed E-state index contributed by atoms with van der Waals surface area (Å²) in [6.45, 7) is 9.92. The normalized spacial score (nSPS) is 12.4. The molecule has 19 heavy (non-hydrogen) atoms. The van der Waals surface area contributed by atoms with Crippen molar-refractivity contribution >= 4 is 11.9 Å². The molecule has 0 aromatic heterocycles. The Morgan fingerprint density at radius 3 is 2.37 bits per heavy atom. The molecule has 0 spiro atoms. The van der Waals surface area contributed by atoms with Crippen molar-refractivity contribution < 1.29 is 19.1 Å². The molecule has 0 bridgehead atoms. The Kier molecular flexibility index (Phi) is 9.49. The molecule has 0 aliphatic carbocycles. The summed E-state index contributed by atoms with van der Waals surface area (Å²) in [6.07, 6.45) is 6.04. The maximum atomic E-state index is 11.3. The molecule has 1 unspecified atom stereocenters. The van der Waals surface area contributed by atoms with E-state index < -0.39 is 11.9 Å². The topological polar surface area (TPSA) is 52.6 Å². The van der Waals surface area contributed by atoms with Gasteiger partial charge in [-0.2, -0.15) is 0 Å². The molecule has 0 aliphatic heterocycles. The van der Waals surface area contributed by atoms with Crippen molar-refractivity contribution in [3.8, 4) is 0 Å².